The Morgan fingerprint density at radius 3 is 3.00 bits per heavy atom. The second-order valence-corrected chi connectivity index (χ2v) is 5.64. The van der Waals surface area contributed by atoms with Crippen LogP contribution >= 0.6 is 27.5 Å². The van der Waals surface area contributed by atoms with Crippen LogP contribution in [0.4, 0.5) is 10.3 Å². The number of aromatic nitrogens is 2. The Kier molecular flexibility index (Phi) is 5.68. The van der Waals surface area contributed by atoms with Crippen LogP contribution in [0.1, 0.15) is 6.92 Å². The Hall–Kier alpha value is -1.73. The Morgan fingerprint density at radius 2 is 2.32 bits per heavy atom. The van der Waals surface area contributed by atoms with Crippen molar-refractivity contribution in [2.24, 2.45) is 10.7 Å². The molecule has 3 N–H and O–H groups in total. The molecular weight excluding hydrogens is 373 g/mol. The lowest BCUT2D eigenvalue weighted by Gasteiger charge is -2.09. The minimum Gasteiger partial charge on any atom is -0.403 e. The molecule has 2 aromatic rings. The van der Waals surface area contributed by atoms with Gasteiger partial charge in [-0.1, -0.05) is 11.6 Å². The predicted octanol–water partition coefficient (Wildman–Crippen LogP) is 3.69. The van der Waals surface area contributed by atoms with Crippen molar-refractivity contribution >= 4 is 50.1 Å². The summed E-state index contributed by atoms with van der Waals surface area (Å²) in [5, 5.41) is 4.39. The molecule has 1 heterocycles. The van der Waals surface area contributed by atoms with Crippen LogP contribution in [0.15, 0.2) is 39.7 Å². The van der Waals surface area contributed by atoms with E-state index < -0.39 is 6.67 Å². The van der Waals surface area contributed by atoms with Gasteiger partial charge in [0.15, 0.2) is 0 Å². The smallest absolute Gasteiger partial charge is 0.227 e. The summed E-state index contributed by atoms with van der Waals surface area (Å²) in [7, 11) is 0. The summed E-state index contributed by atoms with van der Waals surface area (Å²) in [5.41, 5.74) is 7.41. The number of allylic oxidation sites excluding steroid dienone is 1. The molecule has 2 rings (SSSR count). The fraction of sp³-hybridized carbons (Fsp3) is 0.214. The lowest BCUT2D eigenvalue weighted by molar-refractivity contribution is 0.505. The second-order valence-electron chi connectivity index (χ2n) is 4.38. The van der Waals surface area contributed by atoms with Crippen LogP contribution in [0, 0.1) is 0 Å². The first-order chi connectivity index (χ1) is 10.5. The standard InChI is InChI=1S/C14H14BrClFN5/c1-8(19-3-2-17)13(6-18)22-14-20-7-9-4-11(16)10(15)5-12(9)21-14/h4-7H,2-3,18H2,1H3,(H,20,21,22). The Labute approximate surface area is 140 Å². The van der Waals surface area contributed by atoms with Crippen molar-refractivity contribution < 1.29 is 4.39 Å². The van der Waals surface area contributed by atoms with Crippen LogP contribution in [0.2, 0.25) is 5.02 Å². The number of nitrogens with two attached hydrogens (primary N) is 1. The number of halogens is 3. The first kappa shape index (κ1) is 16.6. The average molecular weight is 387 g/mol. The fourth-order valence-corrected chi connectivity index (χ4v) is 2.26. The highest BCUT2D eigenvalue weighted by Gasteiger charge is 2.07. The number of hydrogen-bond acceptors (Lipinski definition) is 5. The summed E-state index contributed by atoms with van der Waals surface area (Å²) >= 11 is 9.39. The third-order valence-electron chi connectivity index (χ3n) is 2.86. The van der Waals surface area contributed by atoms with Crippen molar-refractivity contribution in [3.05, 3.63) is 39.7 Å². The van der Waals surface area contributed by atoms with Gasteiger partial charge in [0, 0.05) is 22.3 Å². The van der Waals surface area contributed by atoms with Gasteiger partial charge in [-0.15, -0.1) is 0 Å². The third-order valence-corrected chi connectivity index (χ3v) is 4.06. The van der Waals surface area contributed by atoms with Gasteiger partial charge in [0.1, 0.15) is 6.67 Å². The first-order valence-corrected chi connectivity index (χ1v) is 7.60. The third kappa shape index (κ3) is 3.92. The van der Waals surface area contributed by atoms with Gasteiger partial charge in [-0.05, 0) is 35.0 Å². The van der Waals surface area contributed by atoms with Gasteiger partial charge >= 0.3 is 0 Å². The maximum atomic E-state index is 12.2. The molecule has 116 valence electrons. The highest BCUT2D eigenvalue weighted by atomic mass is 79.9. The molecule has 8 heteroatoms. The molecular formula is C14H14BrClFN5. The normalized spacial score (nSPS) is 12.7. The van der Waals surface area contributed by atoms with Crippen LogP contribution < -0.4 is 11.1 Å². The molecule has 0 aliphatic carbocycles. The number of alkyl halides is 1. The van der Waals surface area contributed by atoms with Crippen LogP contribution in [-0.4, -0.2) is 28.9 Å². The molecule has 1 aromatic carbocycles. The van der Waals surface area contributed by atoms with E-state index in [4.69, 9.17) is 17.3 Å². The molecule has 0 bridgehead atoms. The van der Waals surface area contributed by atoms with Crippen molar-refractivity contribution in [3.63, 3.8) is 0 Å². The monoisotopic (exact) mass is 385 g/mol. The molecule has 0 atom stereocenters. The lowest BCUT2D eigenvalue weighted by atomic mass is 10.2. The summed E-state index contributed by atoms with van der Waals surface area (Å²) in [6.07, 6.45) is 3.01. The number of nitrogens with zero attached hydrogens (tertiary/aromatic N) is 3. The molecule has 0 radical (unpaired) electrons. The molecule has 1 aromatic heterocycles. The summed E-state index contributed by atoms with van der Waals surface area (Å²) in [6, 6.07) is 3.58. The van der Waals surface area contributed by atoms with Gasteiger partial charge < -0.3 is 11.1 Å². The van der Waals surface area contributed by atoms with E-state index >= 15 is 0 Å². The molecule has 0 saturated carbocycles. The van der Waals surface area contributed by atoms with Crippen LogP contribution in [0.25, 0.3) is 10.9 Å². The molecule has 0 fully saturated rings. The van der Waals surface area contributed by atoms with Gasteiger partial charge in [-0.2, -0.15) is 0 Å². The van der Waals surface area contributed by atoms with Crippen molar-refractivity contribution in [1.29, 1.82) is 0 Å². The van der Waals surface area contributed by atoms with Crippen LogP contribution in [0.3, 0.4) is 0 Å². The summed E-state index contributed by atoms with van der Waals surface area (Å²) in [5.74, 6) is 0.369. The summed E-state index contributed by atoms with van der Waals surface area (Å²) in [6.45, 7) is 1.31. The zero-order valence-corrected chi connectivity index (χ0v) is 14.1. The van der Waals surface area contributed by atoms with E-state index in [0.717, 1.165) is 15.4 Å². The van der Waals surface area contributed by atoms with Gasteiger partial charge in [-0.25, -0.2) is 14.4 Å². The summed E-state index contributed by atoms with van der Waals surface area (Å²) in [4.78, 5) is 12.6. The molecule has 0 aliphatic heterocycles. The van der Waals surface area contributed by atoms with E-state index in [1.54, 1.807) is 25.3 Å². The second kappa shape index (κ2) is 7.51. The Bertz CT molecular complexity index is 747. The number of hydrogen-bond donors (Lipinski definition) is 2. The van der Waals surface area contributed by atoms with Crippen LogP contribution in [0.5, 0.6) is 0 Å². The number of fused-ring (bicyclic) bond motifs is 1. The Morgan fingerprint density at radius 1 is 1.55 bits per heavy atom. The van der Waals surface area contributed by atoms with Gasteiger partial charge in [-0.3, -0.25) is 4.99 Å². The number of nitrogens with one attached hydrogen (secondary N) is 1. The quantitative estimate of drug-likeness (QED) is 0.768. The average Bonchev–Trinajstić information content (AvgIpc) is 2.51. The van der Waals surface area contributed by atoms with Crippen molar-refractivity contribution in [2.75, 3.05) is 18.5 Å². The zero-order valence-electron chi connectivity index (χ0n) is 11.8. The highest BCUT2D eigenvalue weighted by Crippen LogP contribution is 2.27. The lowest BCUT2D eigenvalue weighted by Crippen LogP contribution is -2.13. The molecule has 0 amide bonds. The molecule has 5 nitrogen and oxygen atoms in total. The topological polar surface area (TPSA) is 76.2 Å². The minimum atomic E-state index is -0.517. The van der Waals surface area contributed by atoms with E-state index in [1.165, 1.54) is 6.20 Å². The molecule has 0 spiro atoms. The number of rotatable bonds is 5. The van der Waals surface area contributed by atoms with Crippen molar-refractivity contribution in [1.82, 2.24) is 9.97 Å². The van der Waals surface area contributed by atoms with Gasteiger partial charge in [0.25, 0.3) is 0 Å². The molecule has 0 aliphatic rings. The Balaban J connectivity index is 2.29. The molecule has 22 heavy (non-hydrogen) atoms. The van der Waals surface area contributed by atoms with Gasteiger partial charge in [0.2, 0.25) is 5.95 Å². The molecule has 0 saturated heterocycles. The van der Waals surface area contributed by atoms with E-state index in [2.05, 4.69) is 36.2 Å². The summed E-state index contributed by atoms with van der Waals surface area (Å²) < 4.78 is 12.9. The predicted molar refractivity (Wildman–Crippen MR) is 92.1 cm³/mol. The zero-order chi connectivity index (χ0) is 16.1. The number of benzene rings is 1. The maximum absolute atomic E-state index is 12.2. The van der Waals surface area contributed by atoms with Gasteiger partial charge in [0.05, 0.1) is 28.5 Å². The number of aliphatic imine (C=N–C) groups is 1. The van der Waals surface area contributed by atoms with E-state index in [1.807, 2.05) is 0 Å². The fourth-order valence-electron chi connectivity index (χ4n) is 1.75. The molecule has 0 unspecified atom stereocenters. The first-order valence-electron chi connectivity index (χ1n) is 6.43. The van der Waals surface area contributed by atoms with Crippen LogP contribution in [-0.2, 0) is 0 Å². The SMILES string of the molecule is CC(=NCCF)C(=CN)Nc1ncc2cc(Cl)c(Br)cc2n1. The van der Waals surface area contributed by atoms with E-state index in [0.29, 0.717) is 22.4 Å². The van der Waals surface area contributed by atoms with E-state index in [9.17, 15) is 4.39 Å². The van der Waals surface area contributed by atoms with Crippen molar-refractivity contribution in [3.8, 4) is 0 Å². The maximum Gasteiger partial charge on any atom is 0.227 e. The van der Waals surface area contributed by atoms with E-state index in [-0.39, 0.29) is 6.54 Å². The van der Waals surface area contributed by atoms with Crippen molar-refractivity contribution in [2.45, 2.75) is 6.92 Å². The minimum absolute atomic E-state index is 0.0921. The highest BCUT2D eigenvalue weighted by molar-refractivity contribution is 9.10. The largest absolute Gasteiger partial charge is 0.403 e. The number of anilines is 1.